The van der Waals surface area contributed by atoms with E-state index < -0.39 is 0 Å². The van der Waals surface area contributed by atoms with Crippen LogP contribution in [0.1, 0.15) is 24.1 Å². The molecule has 1 heterocycles. The minimum Gasteiger partial charge on any atom is -0.493 e. The number of rotatable bonds is 6. The van der Waals surface area contributed by atoms with Gasteiger partial charge in [0.05, 0.1) is 26.8 Å². The maximum Gasteiger partial charge on any atom is 0.161 e. The molecular weight excluding hydrogens is 364 g/mol. The van der Waals surface area contributed by atoms with E-state index in [0.717, 1.165) is 40.5 Å². The third-order valence-electron chi connectivity index (χ3n) is 4.62. The van der Waals surface area contributed by atoms with Gasteiger partial charge in [0, 0.05) is 12.6 Å². The summed E-state index contributed by atoms with van der Waals surface area (Å²) < 4.78 is 11.7. The van der Waals surface area contributed by atoms with Crippen molar-refractivity contribution in [3.63, 3.8) is 0 Å². The monoisotopic (exact) mass is 388 g/mol. The average Bonchev–Trinajstić information content (AvgIpc) is 2.69. The van der Waals surface area contributed by atoms with Crippen LogP contribution in [-0.4, -0.2) is 40.9 Å². The fraction of sp³-hybridized carbons (Fsp3) is 0.350. The van der Waals surface area contributed by atoms with Gasteiger partial charge in [-0.3, -0.25) is 4.90 Å². The summed E-state index contributed by atoms with van der Waals surface area (Å²) in [5.74, 6) is 2.40. The van der Waals surface area contributed by atoms with E-state index in [4.69, 9.17) is 21.7 Å². The number of hydrogen-bond acceptors (Lipinski definition) is 5. The highest BCUT2D eigenvalue weighted by atomic mass is 32.2. The lowest BCUT2D eigenvalue weighted by Crippen LogP contribution is -2.45. The van der Waals surface area contributed by atoms with Crippen LogP contribution in [0.25, 0.3) is 0 Å². The maximum atomic E-state index is 5.60. The number of ether oxygens (including phenoxy) is 2. The standard InChI is InChI=1S/C20H24N2O2S2/c1-15(17-7-5-4-6-8-17)22-13-21(20(25)26-14-22)12-16-9-10-18(23-2)19(11-16)24-3/h4-11,15H,12-14H2,1-3H3. The summed E-state index contributed by atoms with van der Waals surface area (Å²) in [5.41, 5.74) is 2.48. The molecular formula is C20H24N2O2S2. The molecule has 1 saturated heterocycles. The van der Waals surface area contributed by atoms with E-state index in [-0.39, 0.29) is 0 Å². The van der Waals surface area contributed by atoms with Gasteiger partial charge < -0.3 is 14.4 Å². The second-order valence-corrected chi connectivity index (χ2v) is 7.82. The minimum atomic E-state index is 0.347. The molecule has 0 aromatic heterocycles. The number of nitrogens with zero attached hydrogens (tertiary/aromatic N) is 2. The van der Waals surface area contributed by atoms with E-state index in [1.54, 1.807) is 26.0 Å². The van der Waals surface area contributed by atoms with Crippen LogP contribution in [0.4, 0.5) is 0 Å². The topological polar surface area (TPSA) is 24.9 Å². The molecule has 2 aromatic rings. The van der Waals surface area contributed by atoms with Crippen molar-refractivity contribution < 1.29 is 9.47 Å². The van der Waals surface area contributed by atoms with Gasteiger partial charge in [0.25, 0.3) is 0 Å². The number of thiocarbonyl (C=S) groups is 1. The van der Waals surface area contributed by atoms with Crippen molar-refractivity contribution in [2.45, 2.75) is 19.5 Å². The number of hydrogen-bond donors (Lipinski definition) is 0. The Kier molecular flexibility index (Phi) is 6.40. The first-order valence-electron chi connectivity index (χ1n) is 8.54. The van der Waals surface area contributed by atoms with Crippen LogP contribution in [0.15, 0.2) is 48.5 Å². The summed E-state index contributed by atoms with van der Waals surface area (Å²) in [6.07, 6.45) is 0. The highest BCUT2D eigenvalue weighted by Crippen LogP contribution is 2.31. The van der Waals surface area contributed by atoms with Crippen LogP contribution in [0.3, 0.4) is 0 Å². The van der Waals surface area contributed by atoms with Gasteiger partial charge in [0.1, 0.15) is 4.32 Å². The van der Waals surface area contributed by atoms with Crippen molar-refractivity contribution in [2.24, 2.45) is 0 Å². The summed E-state index contributed by atoms with van der Waals surface area (Å²) in [4.78, 5) is 4.68. The summed E-state index contributed by atoms with van der Waals surface area (Å²) in [7, 11) is 3.31. The lowest BCUT2D eigenvalue weighted by Gasteiger charge is -2.40. The second kappa shape index (κ2) is 8.75. The molecule has 26 heavy (non-hydrogen) atoms. The van der Waals surface area contributed by atoms with E-state index in [2.05, 4.69) is 53.1 Å². The lowest BCUT2D eigenvalue weighted by atomic mass is 10.1. The minimum absolute atomic E-state index is 0.347. The van der Waals surface area contributed by atoms with Gasteiger partial charge in [-0.15, -0.1) is 0 Å². The largest absolute Gasteiger partial charge is 0.493 e. The van der Waals surface area contributed by atoms with E-state index in [9.17, 15) is 0 Å². The zero-order chi connectivity index (χ0) is 18.5. The Balaban J connectivity index is 1.72. The molecule has 0 bridgehead atoms. The van der Waals surface area contributed by atoms with E-state index >= 15 is 0 Å². The van der Waals surface area contributed by atoms with E-state index in [1.807, 2.05) is 12.1 Å². The molecule has 0 saturated carbocycles. The molecule has 1 fully saturated rings. The Morgan fingerprint density at radius 3 is 2.50 bits per heavy atom. The molecule has 0 aliphatic carbocycles. The van der Waals surface area contributed by atoms with Crippen LogP contribution in [0.2, 0.25) is 0 Å². The van der Waals surface area contributed by atoms with Crippen LogP contribution in [-0.2, 0) is 6.54 Å². The predicted octanol–water partition coefficient (Wildman–Crippen LogP) is 4.52. The van der Waals surface area contributed by atoms with Crippen LogP contribution < -0.4 is 9.47 Å². The quantitative estimate of drug-likeness (QED) is 0.675. The Bertz CT molecular complexity index is 755. The predicted molar refractivity (Wildman–Crippen MR) is 112 cm³/mol. The molecule has 0 spiro atoms. The summed E-state index contributed by atoms with van der Waals surface area (Å²) >= 11 is 7.32. The number of methoxy groups -OCH3 is 2. The van der Waals surface area contributed by atoms with Crippen molar-refractivity contribution >= 4 is 28.3 Å². The van der Waals surface area contributed by atoms with Crippen molar-refractivity contribution in [2.75, 3.05) is 26.8 Å². The molecule has 138 valence electrons. The molecule has 6 heteroatoms. The molecule has 0 N–H and O–H groups in total. The average molecular weight is 389 g/mol. The number of benzene rings is 2. The van der Waals surface area contributed by atoms with Gasteiger partial charge in [-0.2, -0.15) is 0 Å². The Morgan fingerprint density at radius 1 is 1.08 bits per heavy atom. The fourth-order valence-electron chi connectivity index (χ4n) is 3.04. The first-order valence-corrected chi connectivity index (χ1v) is 9.93. The first kappa shape index (κ1) is 19.0. The summed E-state index contributed by atoms with van der Waals surface area (Å²) in [6, 6.07) is 17.0. The molecule has 4 nitrogen and oxygen atoms in total. The maximum absolute atomic E-state index is 5.60. The first-order chi connectivity index (χ1) is 12.6. The summed E-state index contributed by atoms with van der Waals surface area (Å²) in [6.45, 7) is 3.82. The number of thioether (sulfide) groups is 1. The summed E-state index contributed by atoms with van der Waals surface area (Å²) in [5, 5.41) is 0. The Hall–Kier alpha value is -1.76. The van der Waals surface area contributed by atoms with E-state index in [1.165, 1.54) is 5.56 Å². The van der Waals surface area contributed by atoms with Gasteiger partial charge in [0.15, 0.2) is 11.5 Å². The molecule has 3 rings (SSSR count). The SMILES string of the molecule is COc1ccc(CN2CN(C(C)c3ccccc3)CSC2=S)cc1OC. The zero-order valence-electron chi connectivity index (χ0n) is 15.3. The Labute approximate surface area is 165 Å². The Morgan fingerprint density at radius 2 is 1.81 bits per heavy atom. The van der Waals surface area contributed by atoms with E-state index in [0.29, 0.717) is 6.04 Å². The molecule has 0 amide bonds. The third-order valence-corrected chi connectivity index (χ3v) is 6.19. The van der Waals surface area contributed by atoms with Gasteiger partial charge in [-0.05, 0) is 30.2 Å². The molecule has 1 aliphatic rings. The highest BCUT2D eigenvalue weighted by Gasteiger charge is 2.26. The smallest absolute Gasteiger partial charge is 0.161 e. The highest BCUT2D eigenvalue weighted by molar-refractivity contribution is 8.22. The molecule has 2 aromatic carbocycles. The van der Waals surface area contributed by atoms with Crippen LogP contribution in [0.5, 0.6) is 11.5 Å². The van der Waals surface area contributed by atoms with Crippen LogP contribution >= 0.6 is 24.0 Å². The van der Waals surface area contributed by atoms with Gasteiger partial charge >= 0.3 is 0 Å². The second-order valence-electron chi connectivity index (χ2n) is 6.24. The molecule has 1 unspecified atom stereocenters. The molecule has 0 radical (unpaired) electrons. The van der Waals surface area contributed by atoms with Gasteiger partial charge in [-0.25, -0.2) is 0 Å². The zero-order valence-corrected chi connectivity index (χ0v) is 17.0. The van der Waals surface area contributed by atoms with Crippen molar-refractivity contribution in [3.8, 4) is 11.5 Å². The fourth-order valence-corrected chi connectivity index (χ4v) is 4.20. The van der Waals surface area contributed by atoms with Gasteiger partial charge in [-0.1, -0.05) is 60.4 Å². The van der Waals surface area contributed by atoms with Crippen molar-refractivity contribution in [1.82, 2.24) is 9.80 Å². The van der Waals surface area contributed by atoms with Crippen molar-refractivity contribution in [3.05, 3.63) is 59.7 Å². The normalized spacial score (nSPS) is 16.4. The van der Waals surface area contributed by atoms with Crippen molar-refractivity contribution in [1.29, 1.82) is 0 Å². The van der Waals surface area contributed by atoms with Gasteiger partial charge in [0.2, 0.25) is 0 Å². The third kappa shape index (κ3) is 4.31. The lowest BCUT2D eigenvalue weighted by molar-refractivity contribution is 0.163. The van der Waals surface area contributed by atoms with Crippen LogP contribution in [0, 0.1) is 0 Å². The molecule has 1 atom stereocenters. The molecule has 1 aliphatic heterocycles.